The van der Waals surface area contributed by atoms with Crippen LogP contribution in [0.2, 0.25) is 0 Å². The molecule has 2 heteroatoms. The fraction of sp³-hybridized carbons (Fsp3) is 1.00. The summed E-state index contributed by atoms with van der Waals surface area (Å²) in [6.45, 7) is 2.04. The van der Waals surface area contributed by atoms with Crippen LogP contribution < -0.4 is 0 Å². The highest BCUT2D eigenvalue weighted by molar-refractivity contribution is 4.92. The minimum Gasteiger partial charge on any atom is -0.393 e. The van der Waals surface area contributed by atoms with Crippen LogP contribution in [-0.4, -0.2) is 23.4 Å². The summed E-state index contributed by atoms with van der Waals surface area (Å²) in [6, 6.07) is 0. The second kappa shape index (κ2) is 2.76. The lowest BCUT2D eigenvalue weighted by Crippen LogP contribution is -2.28. The Labute approximate surface area is 67.6 Å². The minimum absolute atomic E-state index is 0.120. The van der Waals surface area contributed by atoms with Crippen LogP contribution in [0.25, 0.3) is 0 Å². The summed E-state index contributed by atoms with van der Waals surface area (Å²) < 4.78 is 5.65. The molecular formula is C9H16O2. The van der Waals surface area contributed by atoms with Crippen LogP contribution in [-0.2, 0) is 4.74 Å². The maximum atomic E-state index is 9.60. The standard InChI is InChI=1S/C9H16O2/c1-2-8(10)7-5-6-3-4-9(7)11-6/h6-10H,2-5H2,1H3/t6?,7?,8-,9?/m0/s1. The lowest BCUT2D eigenvalue weighted by Gasteiger charge is -2.22. The summed E-state index contributed by atoms with van der Waals surface area (Å²) in [5, 5.41) is 9.60. The van der Waals surface area contributed by atoms with Gasteiger partial charge in [0.05, 0.1) is 18.3 Å². The molecule has 64 valence electrons. The van der Waals surface area contributed by atoms with Crippen molar-refractivity contribution in [1.29, 1.82) is 0 Å². The maximum Gasteiger partial charge on any atom is 0.0633 e. The molecule has 2 saturated heterocycles. The van der Waals surface area contributed by atoms with Crippen LogP contribution in [0.1, 0.15) is 32.6 Å². The number of rotatable bonds is 2. The summed E-state index contributed by atoms with van der Waals surface area (Å²) in [5.74, 6) is 0.443. The van der Waals surface area contributed by atoms with E-state index in [-0.39, 0.29) is 6.10 Å². The average Bonchev–Trinajstić information content (AvgIpc) is 2.62. The molecule has 0 spiro atoms. The first-order valence-corrected chi connectivity index (χ1v) is 4.64. The van der Waals surface area contributed by atoms with E-state index in [0.29, 0.717) is 18.1 Å². The highest BCUT2D eigenvalue weighted by atomic mass is 16.5. The van der Waals surface area contributed by atoms with Gasteiger partial charge in [0.1, 0.15) is 0 Å². The van der Waals surface area contributed by atoms with E-state index >= 15 is 0 Å². The SMILES string of the molecule is CC[C@H](O)C1CC2CCC1O2. The van der Waals surface area contributed by atoms with Crippen LogP contribution in [0.4, 0.5) is 0 Å². The molecule has 0 aromatic heterocycles. The van der Waals surface area contributed by atoms with Crippen molar-refractivity contribution in [2.45, 2.75) is 50.9 Å². The van der Waals surface area contributed by atoms with E-state index in [2.05, 4.69) is 0 Å². The second-order valence-electron chi connectivity index (χ2n) is 3.75. The van der Waals surface area contributed by atoms with Crippen molar-refractivity contribution in [3.05, 3.63) is 0 Å². The summed E-state index contributed by atoms with van der Waals surface area (Å²) in [7, 11) is 0. The van der Waals surface area contributed by atoms with Crippen LogP contribution in [0, 0.1) is 5.92 Å². The van der Waals surface area contributed by atoms with Crippen molar-refractivity contribution in [3.8, 4) is 0 Å². The Morgan fingerprint density at radius 3 is 2.82 bits per heavy atom. The summed E-state index contributed by atoms with van der Waals surface area (Å²) in [4.78, 5) is 0. The molecular weight excluding hydrogens is 140 g/mol. The molecule has 2 bridgehead atoms. The van der Waals surface area contributed by atoms with Gasteiger partial charge in [-0.2, -0.15) is 0 Å². The zero-order chi connectivity index (χ0) is 7.84. The van der Waals surface area contributed by atoms with Crippen molar-refractivity contribution in [2.24, 2.45) is 5.92 Å². The Bertz CT molecular complexity index is 146. The van der Waals surface area contributed by atoms with E-state index < -0.39 is 0 Å². The Morgan fingerprint density at radius 1 is 1.55 bits per heavy atom. The van der Waals surface area contributed by atoms with Crippen LogP contribution in [0.15, 0.2) is 0 Å². The van der Waals surface area contributed by atoms with Gasteiger partial charge in [0.15, 0.2) is 0 Å². The number of ether oxygens (including phenoxy) is 1. The topological polar surface area (TPSA) is 29.5 Å². The van der Waals surface area contributed by atoms with Crippen LogP contribution >= 0.6 is 0 Å². The minimum atomic E-state index is -0.120. The monoisotopic (exact) mass is 156 g/mol. The molecule has 0 saturated carbocycles. The van der Waals surface area contributed by atoms with E-state index in [9.17, 15) is 5.11 Å². The van der Waals surface area contributed by atoms with Crippen molar-refractivity contribution in [1.82, 2.24) is 0 Å². The Kier molecular flexibility index (Phi) is 1.90. The molecule has 0 aromatic carbocycles. The van der Waals surface area contributed by atoms with Gasteiger partial charge in [-0.05, 0) is 25.7 Å². The third kappa shape index (κ3) is 1.18. The quantitative estimate of drug-likeness (QED) is 0.653. The zero-order valence-electron chi connectivity index (χ0n) is 6.99. The highest BCUT2D eigenvalue weighted by Crippen LogP contribution is 2.40. The van der Waals surface area contributed by atoms with Crippen molar-refractivity contribution in [2.75, 3.05) is 0 Å². The molecule has 1 N–H and O–H groups in total. The normalized spacial score (nSPS) is 44.7. The second-order valence-corrected chi connectivity index (χ2v) is 3.75. The molecule has 2 heterocycles. The molecule has 0 aromatic rings. The maximum absolute atomic E-state index is 9.60. The van der Waals surface area contributed by atoms with Gasteiger partial charge >= 0.3 is 0 Å². The molecule has 11 heavy (non-hydrogen) atoms. The van der Waals surface area contributed by atoms with Gasteiger partial charge in [-0.3, -0.25) is 0 Å². The number of fused-ring (bicyclic) bond motifs is 2. The smallest absolute Gasteiger partial charge is 0.0633 e. The fourth-order valence-electron chi connectivity index (χ4n) is 2.38. The molecule has 2 fully saturated rings. The van der Waals surface area contributed by atoms with Gasteiger partial charge in [-0.25, -0.2) is 0 Å². The Hall–Kier alpha value is -0.0800. The average molecular weight is 156 g/mol. The van der Waals surface area contributed by atoms with Crippen molar-refractivity contribution >= 4 is 0 Å². The van der Waals surface area contributed by atoms with Crippen LogP contribution in [0.3, 0.4) is 0 Å². The Morgan fingerprint density at radius 2 is 2.36 bits per heavy atom. The molecule has 2 nitrogen and oxygen atoms in total. The Balaban J connectivity index is 1.96. The molecule has 0 aliphatic carbocycles. The molecule has 2 aliphatic rings. The van der Waals surface area contributed by atoms with Crippen molar-refractivity contribution in [3.63, 3.8) is 0 Å². The lowest BCUT2D eigenvalue weighted by atomic mass is 9.84. The van der Waals surface area contributed by atoms with Gasteiger partial charge < -0.3 is 9.84 Å². The van der Waals surface area contributed by atoms with Gasteiger partial charge in [0, 0.05) is 5.92 Å². The van der Waals surface area contributed by atoms with E-state index in [1.807, 2.05) is 6.92 Å². The van der Waals surface area contributed by atoms with Crippen LogP contribution in [0.5, 0.6) is 0 Å². The number of aliphatic hydroxyl groups excluding tert-OH is 1. The molecule has 3 unspecified atom stereocenters. The number of aliphatic hydroxyl groups is 1. The molecule has 2 rings (SSSR count). The van der Waals surface area contributed by atoms with Gasteiger partial charge in [-0.1, -0.05) is 6.92 Å². The van der Waals surface area contributed by atoms with E-state index in [4.69, 9.17) is 4.74 Å². The third-order valence-corrected chi connectivity index (χ3v) is 3.07. The lowest BCUT2D eigenvalue weighted by molar-refractivity contribution is 0.0413. The summed E-state index contributed by atoms with van der Waals surface area (Å²) in [6.07, 6.45) is 5.10. The summed E-state index contributed by atoms with van der Waals surface area (Å²) >= 11 is 0. The molecule has 0 amide bonds. The largest absolute Gasteiger partial charge is 0.393 e. The first-order chi connectivity index (χ1) is 5.31. The van der Waals surface area contributed by atoms with Gasteiger partial charge in [-0.15, -0.1) is 0 Å². The van der Waals surface area contributed by atoms with Gasteiger partial charge in [0.25, 0.3) is 0 Å². The van der Waals surface area contributed by atoms with E-state index in [1.54, 1.807) is 0 Å². The first kappa shape index (κ1) is 7.56. The third-order valence-electron chi connectivity index (χ3n) is 3.07. The predicted octanol–water partition coefficient (Wildman–Crippen LogP) is 1.32. The highest BCUT2D eigenvalue weighted by Gasteiger charge is 2.43. The zero-order valence-corrected chi connectivity index (χ0v) is 6.99. The van der Waals surface area contributed by atoms with E-state index in [1.165, 1.54) is 12.8 Å². The van der Waals surface area contributed by atoms with E-state index in [0.717, 1.165) is 12.8 Å². The van der Waals surface area contributed by atoms with Crippen molar-refractivity contribution < 1.29 is 9.84 Å². The number of hydrogen-bond donors (Lipinski definition) is 1. The number of hydrogen-bond acceptors (Lipinski definition) is 2. The molecule has 4 atom stereocenters. The fourth-order valence-corrected chi connectivity index (χ4v) is 2.38. The molecule has 2 aliphatic heterocycles. The van der Waals surface area contributed by atoms with Gasteiger partial charge in [0.2, 0.25) is 0 Å². The predicted molar refractivity (Wildman–Crippen MR) is 42.3 cm³/mol. The first-order valence-electron chi connectivity index (χ1n) is 4.64. The summed E-state index contributed by atoms with van der Waals surface area (Å²) in [5.41, 5.74) is 0. The molecule has 0 radical (unpaired) electrons.